The summed E-state index contributed by atoms with van der Waals surface area (Å²) in [5.41, 5.74) is 6.30. The van der Waals surface area contributed by atoms with Gasteiger partial charge in [-0.3, -0.25) is 0 Å². The van der Waals surface area contributed by atoms with Gasteiger partial charge < -0.3 is 11.1 Å². The fraction of sp³-hybridized carbons (Fsp3) is 1.00. The van der Waals surface area contributed by atoms with E-state index in [-0.39, 0.29) is 0 Å². The van der Waals surface area contributed by atoms with Crippen molar-refractivity contribution in [3.8, 4) is 0 Å². The molecule has 2 fully saturated rings. The minimum atomic E-state index is 0.413. The van der Waals surface area contributed by atoms with Crippen molar-refractivity contribution >= 4 is 0 Å². The Labute approximate surface area is 94.0 Å². The summed E-state index contributed by atoms with van der Waals surface area (Å²) in [4.78, 5) is 0. The normalized spacial score (nSPS) is 35.8. The molecule has 0 bridgehead atoms. The maximum Gasteiger partial charge on any atom is 0.0247 e. The molecule has 1 unspecified atom stereocenters. The maximum absolute atomic E-state index is 6.30. The summed E-state index contributed by atoms with van der Waals surface area (Å²) in [5.74, 6) is 0.862. The molecular formula is C13H26N2. The summed E-state index contributed by atoms with van der Waals surface area (Å²) in [6.45, 7) is 1.19. The Bertz CT molecular complexity index is 173. The molecule has 1 aliphatic heterocycles. The standard InChI is InChI=1S/C13H26N2/c14-12-9-5-6-10-15-13(12)11-7-3-1-2-4-8-11/h11-13,15H,1-10,14H2/t12-,13?/m1/s1. The second-order valence-electron chi connectivity index (χ2n) is 5.39. The number of hydrogen-bond donors (Lipinski definition) is 2. The van der Waals surface area contributed by atoms with Crippen LogP contribution in [0.4, 0.5) is 0 Å². The highest BCUT2D eigenvalue weighted by atomic mass is 15.0. The van der Waals surface area contributed by atoms with Crippen LogP contribution in [0, 0.1) is 5.92 Å². The van der Waals surface area contributed by atoms with Crippen molar-refractivity contribution in [2.24, 2.45) is 11.7 Å². The lowest BCUT2D eigenvalue weighted by Crippen LogP contribution is -2.48. The van der Waals surface area contributed by atoms with Crippen LogP contribution in [0.1, 0.15) is 57.8 Å². The average molecular weight is 210 g/mol. The van der Waals surface area contributed by atoms with Gasteiger partial charge in [0.2, 0.25) is 0 Å². The molecule has 1 saturated carbocycles. The van der Waals surface area contributed by atoms with Crippen LogP contribution in [-0.4, -0.2) is 18.6 Å². The van der Waals surface area contributed by atoms with Crippen LogP contribution in [0.5, 0.6) is 0 Å². The molecule has 1 aliphatic carbocycles. The van der Waals surface area contributed by atoms with E-state index in [4.69, 9.17) is 5.73 Å². The first-order chi connectivity index (χ1) is 7.38. The summed E-state index contributed by atoms with van der Waals surface area (Å²) in [6.07, 6.45) is 12.4. The van der Waals surface area contributed by atoms with Crippen molar-refractivity contribution in [3.05, 3.63) is 0 Å². The van der Waals surface area contributed by atoms with Crippen LogP contribution < -0.4 is 11.1 Å². The molecule has 0 spiro atoms. The van der Waals surface area contributed by atoms with Crippen LogP contribution in [0.25, 0.3) is 0 Å². The molecule has 0 aromatic carbocycles. The van der Waals surface area contributed by atoms with Crippen LogP contribution >= 0.6 is 0 Å². The van der Waals surface area contributed by atoms with Gasteiger partial charge in [-0.25, -0.2) is 0 Å². The molecule has 2 heteroatoms. The minimum Gasteiger partial charge on any atom is -0.326 e. The first-order valence-electron chi connectivity index (χ1n) is 6.87. The van der Waals surface area contributed by atoms with Gasteiger partial charge in [0.1, 0.15) is 0 Å². The zero-order chi connectivity index (χ0) is 10.5. The van der Waals surface area contributed by atoms with Gasteiger partial charge in [0.15, 0.2) is 0 Å². The molecule has 0 amide bonds. The lowest BCUT2D eigenvalue weighted by molar-refractivity contribution is 0.287. The highest BCUT2D eigenvalue weighted by Crippen LogP contribution is 2.28. The molecule has 3 N–H and O–H groups in total. The zero-order valence-corrected chi connectivity index (χ0v) is 9.88. The molecule has 2 aliphatic rings. The van der Waals surface area contributed by atoms with E-state index < -0.39 is 0 Å². The van der Waals surface area contributed by atoms with Crippen LogP contribution in [0.2, 0.25) is 0 Å². The van der Waals surface area contributed by atoms with E-state index in [9.17, 15) is 0 Å². The molecular weight excluding hydrogens is 184 g/mol. The van der Waals surface area contributed by atoms with E-state index in [0.717, 1.165) is 5.92 Å². The Morgan fingerprint density at radius 3 is 2.20 bits per heavy atom. The third-order valence-electron chi connectivity index (χ3n) is 4.21. The lowest BCUT2D eigenvalue weighted by atomic mass is 9.86. The second kappa shape index (κ2) is 5.86. The van der Waals surface area contributed by atoms with E-state index in [1.807, 2.05) is 0 Å². The van der Waals surface area contributed by atoms with Gasteiger partial charge in [-0.2, -0.15) is 0 Å². The fourth-order valence-electron chi connectivity index (χ4n) is 3.29. The largest absolute Gasteiger partial charge is 0.326 e. The summed E-state index contributed by atoms with van der Waals surface area (Å²) in [5, 5.41) is 3.70. The molecule has 2 nitrogen and oxygen atoms in total. The minimum absolute atomic E-state index is 0.413. The smallest absolute Gasteiger partial charge is 0.0247 e. The monoisotopic (exact) mass is 210 g/mol. The van der Waals surface area contributed by atoms with E-state index in [1.54, 1.807) is 0 Å². The molecule has 0 aromatic heterocycles. The third-order valence-corrected chi connectivity index (χ3v) is 4.21. The van der Waals surface area contributed by atoms with E-state index >= 15 is 0 Å². The molecule has 0 radical (unpaired) electrons. The Morgan fingerprint density at radius 1 is 0.800 bits per heavy atom. The summed E-state index contributed by atoms with van der Waals surface area (Å²) < 4.78 is 0. The predicted molar refractivity (Wildman–Crippen MR) is 64.8 cm³/mol. The quantitative estimate of drug-likeness (QED) is 0.652. The van der Waals surface area contributed by atoms with Crippen molar-refractivity contribution in [2.45, 2.75) is 69.9 Å². The van der Waals surface area contributed by atoms with Crippen molar-refractivity contribution in [3.63, 3.8) is 0 Å². The van der Waals surface area contributed by atoms with Crippen LogP contribution in [0.3, 0.4) is 0 Å². The van der Waals surface area contributed by atoms with Gasteiger partial charge >= 0.3 is 0 Å². The number of hydrogen-bond acceptors (Lipinski definition) is 2. The summed E-state index contributed by atoms with van der Waals surface area (Å²) in [6, 6.07) is 1.03. The lowest BCUT2D eigenvalue weighted by Gasteiger charge is -2.30. The van der Waals surface area contributed by atoms with Crippen LogP contribution in [-0.2, 0) is 0 Å². The number of rotatable bonds is 1. The Balaban J connectivity index is 1.92. The molecule has 0 aromatic rings. The van der Waals surface area contributed by atoms with Crippen molar-refractivity contribution in [2.75, 3.05) is 6.54 Å². The first kappa shape index (κ1) is 11.4. The van der Waals surface area contributed by atoms with Gasteiger partial charge in [-0.15, -0.1) is 0 Å². The van der Waals surface area contributed by atoms with Gasteiger partial charge in [0, 0.05) is 12.1 Å². The van der Waals surface area contributed by atoms with Gasteiger partial charge in [0.05, 0.1) is 0 Å². The Kier molecular flexibility index (Phi) is 4.45. The van der Waals surface area contributed by atoms with Crippen molar-refractivity contribution < 1.29 is 0 Å². The second-order valence-corrected chi connectivity index (χ2v) is 5.39. The zero-order valence-electron chi connectivity index (χ0n) is 9.88. The van der Waals surface area contributed by atoms with Gasteiger partial charge in [-0.1, -0.05) is 32.1 Å². The Morgan fingerprint density at radius 2 is 1.47 bits per heavy atom. The Hall–Kier alpha value is -0.0800. The van der Waals surface area contributed by atoms with Crippen LogP contribution in [0.15, 0.2) is 0 Å². The van der Waals surface area contributed by atoms with Crippen molar-refractivity contribution in [1.82, 2.24) is 5.32 Å². The fourth-order valence-corrected chi connectivity index (χ4v) is 3.29. The van der Waals surface area contributed by atoms with E-state index in [2.05, 4.69) is 5.32 Å². The number of nitrogens with two attached hydrogens (primary N) is 1. The molecule has 1 saturated heterocycles. The van der Waals surface area contributed by atoms with Gasteiger partial charge in [-0.05, 0) is 38.1 Å². The van der Waals surface area contributed by atoms with E-state index in [1.165, 1.54) is 64.3 Å². The summed E-state index contributed by atoms with van der Waals surface area (Å²) >= 11 is 0. The molecule has 88 valence electrons. The first-order valence-corrected chi connectivity index (χ1v) is 6.87. The molecule has 2 atom stereocenters. The highest BCUT2D eigenvalue weighted by Gasteiger charge is 2.28. The topological polar surface area (TPSA) is 38.0 Å². The summed E-state index contributed by atoms with van der Waals surface area (Å²) in [7, 11) is 0. The van der Waals surface area contributed by atoms with E-state index in [0.29, 0.717) is 12.1 Å². The third kappa shape index (κ3) is 3.18. The highest BCUT2D eigenvalue weighted by molar-refractivity contribution is 4.88. The SMILES string of the molecule is N[C@@H]1CCCCNC1C1CCCCCC1. The van der Waals surface area contributed by atoms with Crippen molar-refractivity contribution in [1.29, 1.82) is 0 Å². The molecule has 2 rings (SSSR count). The molecule has 15 heavy (non-hydrogen) atoms. The number of nitrogens with one attached hydrogen (secondary N) is 1. The molecule has 1 heterocycles. The predicted octanol–water partition coefficient (Wildman–Crippen LogP) is 2.43. The average Bonchev–Trinajstić information content (AvgIpc) is 2.59. The maximum atomic E-state index is 6.30. The van der Waals surface area contributed by atoms with Gasteiger partial charge in [0.25, 0.3) is 0 Å².